The van der Waals surface area contributed by atoms with E-state index in [1.807, 2.05) is 40.1 Å². The van der Waals surface area contributed by atoms with E-state index >= 15 is 0 Å². The van der Waals surface area contributed by atoms with Gasteiger partial charge in [-0.25, -0.2) is 8.42 Å². The minimum atomic E-state index is -3.73. The molecule has 0 aromatic heterocycles. The van der Waals surface area contributed by atoms with Crippen LogP contribution in [0.4, 0.5) is 5.69 Å². The van der Waals surface area contributed by atoms with Crippen LogP contribution >= 0.6 is 0 Å². The zero-order chi connectivity index (χ0) is 21.8. The standard InChI is InChI=1S/C22H31N3O3S/c1-15(2)21(25(5)6)14-23-22(26)18-10-12-19(13-11-18)29(27,28)24-20-9-7-8-16(3)17(20)4/h7-13,15,21,24H,14H2,1-6H3,(H,23,26). The number of benzene rings is 2. The highest BCUT2D eigenvalue weighted by Crippen LogP contribution is 2.22. The van der Waals surface area contributed by atoms with Crippen molar-refractivity contribution in [3.05, 3.63) is 59.2 Å². The Hall–Kier alpha value is -2.38. The molecule has 0 bridgehead atoms. The molecule has 0 saturated carbocycles. The van der Waals surface area contributed by atoms with E-state index in [-0.39, 0.29) is 16.8 Å². The number of carbonyl (C=O) groups is 1. The number of anilines is 1. The number of aryl methyl sites for hydroxylation is 1. The summed E-state index contributed by atoms with van der Waals surface area (Å²) in [5.74, 6) is 0.179. The van der Waals surface area contributed by atoms with Gasteiger partial charge in [0.25, 0.3) is 15.9 Å². The Kier molecular flexibility index (Phi) is 7.43. The molecule has 1 unspecified atom stereocenters. The summed E-state index contributed by atoms with van der Waals surface area (Å²) in [6.45, 7) is 8.55. The first-order chi connectivity index (χ1) is 13.5. The molecule has 0 aliphatic rings. The van der Waals surface area contributed by atoms with E-state index in [1.165, 1.54) is 24.3 Å². The summed E-state index contributed by atoms with van der Waals surface area (Å²) in [6, 6.07) is 11.7. The van der Waals surface area contributed by atoms with E-state index in [9.17, 15) is 13.2 Å². The van der Waals surface area contributed by atoms with Gasteiger partial charge in [-0.2, -0.15) is 0 Å². The molecule has 1 amide bonds. The van der Waals surface area contributed by atoms with Crippen molar-refractivity contribution in [3.63, 3.8) is 0 Å². The predicted molar refractivity (Wildman–Crippen MR) is 118 cm³/mol. The number of amides is 1. The van der Waals surface area contributed by atoms with Gasteiger partial charge in [-0.3, -0.25) is 9.52 Å². The van der Waals surface area contributed by atoms with Gasteiger partial charge in [0.05, 0.1) is 10.6 Å². The van der Waals surface area contributed by atoms with Gasteiger partial charge in [0, 0.05) is 18.2 Å². The molecule has 0 aliphatic heterocycles. The van der Waals surface area contributed by atoms with Crippen LogP contribution in [-0.4, -0.2) is 45.9 Å². The minimum absolute atomic E-state index is 0.114. The number of sulfonamides is 1. The Morgan fingerprint density at radius 3 is 2.21 bits per heavy atom. The number of carbonyl (C=O) groups excluding carboxylic acids is 1. The van der Waals surface area contributed by atoms with Crippen molar-refractivity contribution in [1.82, 2.24) is 10.2 Å². The van der Waals surface area contributed by atoms with Gasteiger partial charge in [0.15, 0.2) is 0 Å². The second kappa shape index (κ2) is 9.41. The molecular formula is C22H31N3O3S. The molecule has 29 heavy (non-hydrogen) atoms. The predicted octanol–water partition coefficient (Wildman–Crippen LogP) is 3.42. The first-order valence-electron chi connectivity index (χ1n) is 9.66. The van der Waals surface area contributed by atoms with Crippen LogP contribution in [0.2, 0.25) is 0 Å². The molecule has 0 aliphatic carbocycles. The first kappa shape index (κ1) is 22.9. The Bertz CT molecular complexity index is 944. The van der Waals surface area contributed by atoms with Crippen molar-refractivity contribution in [2.24, 2.45) is 5.92 Å². The third-order valence-electron chi connectivity index (χ3n) is 5.18. The molecule has 0 saturated heterocycles. The lowest BCUT2D eigenvalue weighted by atomic mass is 10.0. The number of nitrogens with one attached hydrogen (secondary N) is 2. The minimum Gasteiger partial charge on any atom is -0.350 e. The van der Waals surface area contributed by atoms with Crippen molar-refractivity contribution in [1.29, 1.82) is 0 Å². The van der Waals surface area contributed by atoms with Crippen LogP contribution in [0.1, 0.15) is 35.3 Å². The van der Waals surface area contributed by atoms with Crippen LogP contribution in [0.5, 0.6) is 0 Å². The number of nitrogens with zero attached hydrogens (tertiary/aromatic N) is 1. The summed E-state index contributed by atoms with van der Waals surface area (Å²) in [6.07, 6.45) is 0. The van der Waals surface area contributed by atoms with Crippen LogP contribution in [0.3, 0.4) is 0 Å². The van der Waals surface area contributed by atoms with Gasteiger partial charge in [-0.1, -0.05) is 26.0 Å². The lowest BCUT2D eigenvalue weighted by Crippen LogP contribution is -2.43. The average Bonchev–Trinajstić information content (AvgIpc) is 2.65. The van der Waals surface area contributed by atoms with Gasteiger partial charge in [-0.15, -0.1) is 0 Å². The van der Waals surface area contributed by atoms with Crippen molar-refractivity contribution >= 4 is 21.6 Å². The van der Waals surface area contributed by atoms with Gasteiger partial charge < -0.3 is 10.2 Å². The molecule has 7 heteroatoms. The van der Waals surface area contributed by atoms with Crippen molar-refractivity contribution in [2.45, 2.75) is 38.6 Å². The van der Waals surface area contributed by atoms with Gasteiger partial charge >= 0.3 is 0 Å². The fraction of sp³-hybridized carbons (Fsp3) is 0.409. The Morgan fingerprint density at radius 2 is 1.66 bits per heavy atom. The molecule has 158 valence electrons. The first-order valence-corrected chi connectivity index (χ1v) is 11.1. The monoisotopic (exact) mass is 417 g/mol. The summed E-state index contributed by atoms with van der Waals surface area (Å²) >= 11 is 0. The second-order valence-corrected chi connectivity index (χ2v) is 9.54. The van der Waals surface area contributed by atoms with Gasteiger partial charge in [0.1, 0.15) is 0 Å². The number of rotatable bonds is 8. The summed E-state index contributed by atoms with van der Waals surface area (Å²) in [7, 11) is 0.239. The fourth-order valence-corrected chi connectivity index (χ4v) is 4.29. The molecule has 0 radical (unpaired) electrons. The topological polar surface area (TPSA) is 78.5 Å². The lowest BCUT2D eigenvalue weighted by Gasteiger charge is -2.28. The van der Waals surface area contributed by atoms with E-state index < -0.39 is 10.0 Å². The molecule has 0 heterocycles. The van der Waals surface area contributed by atoms with E-state index in [2.05, 4.69) is 28.8 Å². The highest BCUT2D eigenvalue weighted by Gasteiger charge is 2.19. The highest BCUT2D eigenvalue weighted by atomic mass is 32.2. The Labute approximate surface area is 174 Å². The Morgan fingerprint density at radius 1 is 1.03 bits per heavy atom. The normalized spacial score (nSPS) is 12.8. The molecule has 1 atom stereocenters. The van der Waals surface area contributed by atoms with Crippen LogP contribution in [-0.2, 0) is 10.0 Å². The fourth-order valence-electron chi connectivity index (χ4n) is 3.16. The Balaban J connectivity index is 2.10. The molecule has 2 aromatic rings. The van der Waals surface area contributed by atoms with Gasteiger partial charge in [-0.05, 0) is 75.3 Å². The smallest absolute Gasteiger partial charge is 0.261 e. The van der Waals surface area contributed by atoms with Crippen LogP contribution in [0.15, 0.2) is 47.4 Å². The lowest BCUT2D eigenvalue weighted by molar-refractivity contribution is 0.0934. The molecular weight excluding hydrogens is 386 g/mol. The molecule has 2 aromatic carbocycles. The number of likely N-dealkylation sites (N-methyl/N-ethyl adjacent to an activating group) is 1. The van der Waals surface area contributed by atoms with Gasteiger partial charge in [0.2, 0.25) is 0 Å². The van der Waals surface area contributed by atoms with Crippen molar-refractivity contribution in [3.8, 4) is 0 Å². The zero-order valence-corrected chi connectivity index (χ0v) is 18.8. The summed E-state index contributed by atoms with van der Waals surface area (Å²) in [5, 5.41) is 2.93. The third-order valence-corrected chi connectivity index (χ3v) is 6.56. The molecule has 0 fully saturated rings. The maximum atomic E-state index is 12.7. The summed E-state index contributed by atoms with van der Waals surface area (Å²) in [5.41, 5.74) is 2.87. The van der Waals surface area contributed by atoms with Crippen molar-refractivity contribution in [2.75, 3.05) is 25.4 Å². The summed E-state index contributed by atoms with van der Waals surface area (Å²) in [4.78, 5) is 14.6. The van der Waals surface area contributed by atoms with E-state index in [4.69, 9.17) is 0 Å². The van der Waals surface area contributed by atoms with E-state index in [0.29, 0.717) is 23.7 Å². The maximum absolute atomic E-state index is 12.7. The van der Waals surface area contributed by atoms with E-state index in [0.717, 1.165) is 11.1 Å². The molecule has 0 spiro atoms. The maximum Gasteiger partial charge on any atom is 0.261 e. The van der Waals surface area contributed by atoms with Crippen LogP contribution < -0.4 is 10.0 Å². The number of hydrogen-bond donors (Lipinski definition) is 2. The largest absolute Gasteiger partial charge is 0.350 e. The van der Waals surface area contributed by atoms with Crippen molar-refractivity contribution < 1.29 is 13.2 Å². The zero-order valence-electron chi connectivity index (χ0n) is 18.0. The second-order valence-electron chi connectivity index (χ2n) is 7.86. The SMILES string of the molecule is Cc1cccc(NS(=O)(=O)c2ccc(C(=O)NCC(C(C)C)N(C)C)cc2)c1C. The summed E-state index contributed by atoms with van der Waals surface area (Å²) < 4.78 is 28.0. The molecule has 2 rings (SSSR count). The highest BCUT2D eigenvalue weighted by molar-refractivity contribution is 7.92. The van der Waals surface area contributed by atoms with Crippen LogP contribution in [0.25, 0.3) is 0 Å². The molecule has 6 nitrogen and oxygen atoms in total. The van der Waals surface area contributed by atoms with E-state index in [1.54, 1.807) is 6.07 Å². The molecule has 2 N–H and O–H groups in total. The number of hydrogen-bond acceptors (Lipinski definition) is 4. The average molecular weight is 418 g/mol. The third kappa shape index (κ3) is 5.81. The quantitative estimate of drug-likeness (QED) is 0.690. The van der Waals surface area contributed by atoms with Crippen LogP contribution in [0, 0.1) is 19.8 Å².